The highest BCUT2D eigenvalue weighted by Crippen LogP contribution is 2.24. The highest BCUT2D eigenvalue weighted by Gasteiger charge is 2.14. The molecule has 0 fully saturated rings. The van der Waals surface area contributed by atoms with Gasteiger partial charge in [0.15, 0.2) is 5.82 Å². The van der Waals surface area contributed by atoms with Gasteiger partial charge in [-0.15, -0.1) is 0 Å². The Labute approximate surface area is 123 Å². The highest BCUT2D eigenvalue weighted by atomic mass is 19.1. The molecule has 0 bridgehead atoms. The molecule has 0 amide bonds. The number of halogens is 1. The number of aryl methyl sites for hydroxylation is 1. The average molecular weight is 283 g/mol. The van der Waals surface area contributed by atoms with Crippen molar-refractivity contribution >= 4 is 16.7 Å². The van der Waals surface area contributed by atoms with Crippen molar-refractivity contribution < 1.29 is 4.39 Å². The maximum absolute atomic E-state index is 13.8. The van der Waals surface area contributed by atoms with Gasteiger partial charge in [-0.25, -0.2) is 9.37 Å². The van der Waals surface area contributed by atoms with E-state index in [9.17, 15) is 4.39 Å². The summed E-state index contributed by atoms with van der Waals surface area (Å²) in [5.41, 5.74) is 8.95. The summed E-state index contributed by atoms with van der Waals surface area (Å²) >= 11 is 0. The zero-order valence-corrected chi connectivity index (χ0v) is 12.2. The molecule has 3 nitrogen and oxygen atoms in total. The lowest BCUT2D eigenvalue weighted by Gasteiger charge is -2.12. The number of hydrogen-bond acceptors (Lipinski definition) is 2. The van der Waals surface area contributed by atoms with Gasteiger partial charge < -0.3 is 10.3 Å². The molecule has 0 saturated heterocycles. The molecule has 0 aliphatic rings. The first kappa shape index (κ1) is 13.6. The summed E-state index contributed by atoms with van der Waals surface area (Å²) in [4.78, 5) is 4.46. The second kappa shape index (κ2) is 5.20. The smallest absolute Gasteiger partial charge is 0.151 e. The van der Waals surface area contributed by atoms with Crippen molar-refractivity contribution in [3.05, 3.63) is 59.7 Å². The maximum Gasteiger partial charge on any atom is 0.151 e. The lowest BCUT2D eigenvalue weighted by Crippen LogP contribution is -2.04. The monoisotopic (exact) mass is 283 g/mol. The third-order valence-corrected chi connectivity index (χ3v) is 3.95. The fourth-order valence-corrected chi connectivity index (χ4v) is 2.63. The van der Waals surface area contributed by atoms with Gasteiger partial charge in [-0.05, 0) is 35.7 Å². The number of nitrogens with two attached hydrogens (primary N) is 1. The molecular formula is C17H18FN3. The Morgan fingerprint density at radius 2 is 1.90 bits per heavy atom. The van der Waals surface area contributed by atoms with Crippen molar-refractivity contribution in [2.45, 2.75) is 19.3 Å². The minimum atomic E-state index is -0.269. The van der Waals surface area contributed by atoms with Gasteiger partial charge in [-0.1, -0.05) is 25.1 Å². The predicted octanol–water partition coefficient (Wildman–Crippen LogP) is 3.64. The predicted molar refractivity (Wildman–Crippen MR) is 83.6 cm³/mol. The van der Waals surface area contributed by atoms with E-state index in [1.807, 2.05) is 41.9 Å². The Bertz CT molecular complexity index is 775. The number of nitrogen functional groups attached to an aromatic ring is 1. The second-order valence-corrected chi connectivity index (χ2v) is 5.47. The second-order valence-electron chi connectivity index (χ2n) is 5.47. The van der Waals surface area contributed by atoms with Crippen LogP contribution in [-0.4, -0.2) is 9.55 Å². The lowest BCUT2D eigenvalue weighted by molar-refractivity contribution is 0.636. The normalized spacial score (nSPS) is 12.7. The molecule has 0 radical (unpaired) electrons. The van der Waals surface area contributed by atoms with Gasteiger partial charge in [-0.3, -0.25) is 0 Å². The van der Waals surface area contributed by atoms with Crippen LogP contribution >= 0.6 is 0 Å². The van der Waals surface area contributed by atoms with Crippen molar-refractivity contribution in [3.63, 3.8) is 0 Å². The van der Waals surface area contributed by atoms with E-state index in [4.69, 9.17) is 5.73 Å². The largest absolute Gasteiger partial charge is 0.399 e. The number of benzene rings is 2. The molecular weight excluding hydrogens is 265 g/mol. The Balaban J connectivity index is 1.92. The summed E-state index contributed by atoms with van der Waals surface area (Å²) in [6.45, 7) is 2.14. The van der Waals surface area contributed by atoms with Gasteiger partial charge in [0.05, 0.1) is 5.52 Å². The number of fused-ring (bicyclic) bond motifs is 1. The molecule has 1 atom stereocenters. The van der Waals surface area contributed by atoms with E-state index < -0.39 is 0 Å². The van der Waals surface area contributed by atoms with E-state index in [1.54, 1.807) is 6.07 Å². The molecule has 1 heterocycles. The van der Waals surface area contributed by atoms with Crippen LogP contribution in [0.15, 0.2) is 42.5 Å². The van der Waals surface area contributed by atoms with E-state index in [1.165, 1.54) is 11.6 Å². The van der Waals surface area contributed by atoms with Gasteiger partial charge in [0.25, 0.3) is 0 Å². The lowest BCUT2D eigenvalue weighted by atomic mass is 9.97. The summed E-state index contributed by atoms with van der Waals surface area (Å²) in [5, 5.41) is 0. The highest BCUT2D eigenvalue weighted by molar-refractivity contribution is 5.76. The van der Waals surface area contributed by atoms with Gasteiger partial charge in [-0.2, -0.15) is 0 Å². The third-order valence-electron chi connectivity index (χ3n) is 3.95. The Morgan fingerprint density at radius 1 is 1.19 bits per heavy atom. The van der Waals surface area contributed by atoms with Crippen LogP contribution in [0.3, 0.4) is 0 Å². The van der Waals surface area contributed by atoms with Gasteiger partial charge in [0.2, 0.25) is 0 Å². The summed E-state index contributed by atoms with van der Waals surface area (Å²) in [5.74, 6) is 0.915. The Kier molecular flexibility index (Phi) is 3.37. The molecule has 4 heteroatoms. The molecule has 2 N–H and O–H groups in total. The van der Waals surface area contributed by atoms with E-state index in [0.717, 1.165) is 23.4 Å². The molecule has 0 aliphatic heterocycles. The van der Waals surface area contributed by atoms with Crippen LogP contribution in [0.2, 0.25) is 0 Å². The van der Waals surface area contributed by atoms with Crippen LogP contribution in [0.5, 0.6) is 0 Å². The van der Waals surface area contributed by atoms with E-state index >= 15 is 0 Å². The zero-order valence-electron chi connectivity index (χ0n) is 12.2. The van der Waals surface area contributed by atoms with Crippen LogP contribution in [0.4, 0.5) is 10.1 Å². The summed E-state index contributed by atoms with van der Waals surface area (Å²) in [7, 11) is 1.93. The van der Waals surface area contributed by atoms with Crippen molar-refractivity contribution in [1.82, 2.24) is 9.55 Å². The van der Waals surface area contributed by atoms with Gasteiger partial charge in [0, 0.05) is 19.2 Å². The fourth-order valence-electron chi connectivity index (χ4n) is 2.63. The fraction of sp³-hybridized carbons (Fsp3) is 0.235. The average Bonchev–Trinajstić information content (AvgIpc) is 2.78. The number of para-hydroxylation sites is 1. The van der Waals surface area contributed by atoms with E-state index in [0.29, 0.717) is 11.4 Å². The molecule has 108 valence electrons. The molecule has 3 rings (SSSR count). The molecule has 0 spiro atoms. The topological polar surface area (TPSA) is 43.8 Å². The first-order valence-electron chi connectivity index (χ1n) is 7.01. The van der Waals surface area contributed by atoms with Crippen LogP contribution in [-0.2, 0) is 13.5 Å². The standard InChI is InChI=1S/C17H18FN3/c1-11(12-6-8-13(19)9-7-12)10-16-20-17-14(18)4-3-5-15(17)21(16)2/h3-9,11H,10,19H2,1-2H3. The summed E-state index contributed by atoms with van der Waals surface area (Å²) < 4.78 is 15.8. The number of hydrogen-bond donors (Lipinski definition) is 1. The van der Waals surface area contributed by atoms with E-state index in [-0.39, 0.29) is 5.82 Å². The number of imidazole rings is 1. The first-order valence-corrected chi connectivity index (χ1v) is 7.01. The quantitative estimate of drug-likeness (QED) is 0.746. The minimum absolute atomic E-state index is 0.269. The Hall–Kier alpha value is -2.36. The minimum Gasteiger partial charge on any atom is -0.399 e. The molecule has 2 aromatic carbocycles. The molecule has 1 aromatic heterocycles. The third kappa shape index (κ3) is 2.49. The Morgan fingerprint density at radius 3 is 2.57 bits per heavy atom. The van der Waals surface area contributed by atoms with Crippen molar-refractivity contribution in [2.75, 3.05) is 5.73 Å². The SMILES string of the molecule is CC(Cc1nc2c(F)cccc2n1C)c1ccc(N)cc1. The van der Waals surface area contributed by atoms with Crippen molar-refractivity contribution in [3.8, 4) is 0 Å². The summed E-state index contributed by atoms with van der Waals surface area (Å²) in [6.07, 6.45) is 0.758. The molecule has 0 aliphatic carbocycles. The molecule has 3 aromatic rings. The van der Waals surface area contributed by atoms with Crippen LogP contribution < -0.4 is 5.73 Å². The van der Waals surface area contributed by atoms with Crippen LogP contribution in [0, 0.1) is 5.82 Å². The number of rotatable bonds is 3. The van der Waals surface area contributed by atoms with Gasteiger partial charge in [0.1, 0.15) is 11.3 Å². The van der Waals surface area contributed by atoms with Crippen LogP contribution in [0.25, 0.3) is 11.0 Å². The number of anilines is 1. The molecule has 1 unspecified atom stereocenters. The van der Waals surface area contributed by atoms with Crippen molar-refractivity contribution in [1.29, 1.82) is 0 Å². The van der Waals surface area contributed by atoms with Crippen LogP contribution in [0.1, 0.15) is 24.2 Å². The summed E-state index contributed by atoms with van der Waals surface area (Å²) in [6, 6.07) is 12.9. The maximum atomic E-state index is 13.8. The van der Waals surface area contributed by atoms with Crippen molar-refractivity contribution in [2.24, 2.45) is 7.05 Å². The first-order chi connectivity index (χ1) is 10.1. The van der Waals surface area contributed by atoms with E-state index in [2.05, 4.69) is 11.9 Å². The zero-order chi connectivity index (χ0) is 15.0. The molecule has 21 heavy (non-hydrogen) atoms. The number of aromatic nitrogens is 2. The molecule has 0 saturated carbocycles. The van der Waals surface area contributed by atoms with Gasteiger partial charge >= 0.3 is 0 Å². The number of nitrogens with zero attached hydrogens (tertiary/aromatic N) is 2.